The first-order valence-corrected chi connectivity index (χ1v) is 11.8. The molecule has 5 rings (SSSR count). The van der Waals surface area contributed by atoms with E-state index in [0.29, 0.717) is 36.4 Å². The van der Waals surface area contributed by atoms with E-state index in [1.165, 1.54) is 19.3 Å². The highest BCUT2D eigenvalue weighted by Crippen LogP contribution is 2.42. The first-order valence-electron chi connectivity index (χ1n) is 11.5. The largest absolute Gasteiger partial charge is 0.508 e. The Labute approximate surface area is 212 Å². The summed E-state index contributed by atoms with van der Waals surface area (Å²) in [6.07, 6.45) is 1.30. The zero-order chi connectivity index (χ0) is 25.6. The smallest absolute Gasteiger partial charge is 0.318 e. The number of methoxy groups -OCH3 is 1. The topological polar surface area (TPSA) is 78.8 Å². The number of carbonyl (C=O) groups is 1. The van der Waals surface area contributed by atoms with Crippen LogP contribution in [0.25, 0.3) is 32.8 Å². The highest BCUT2D eigenvalue weighted by Gasteiger charge is 2.29. The number of benzene rings is 3. The molecule has 1 atom stereocenters. The number of hydrogen-bond donors (Lipinski definition) is 1. The van der Waals surface area contributed by atoms with Gasteiger partial charge in [0.25, 0.3) is 0 Å². The van der Waals surface area contributed by atoms with Crippen LogP contribution in [0.4, 0.5) is 10.2 Å². The number of nitrogens with zero attached hydrogens (tertiary/aromatic N) is 4. The molecule has 0 bridgehead atoms. The van der Waals surface area contributed by atoms with Crippen molar-refractivity contribution in [3.05, 3.63) is 66.0 Å². The van der Waals surface area contributed by atoms with Crippen molar-refractivity contribution in [3.8, 4) is 22.9 Å². The van der Waals surface area contributed by atoms with E-state index >= 15 is 4.39 Å². The highest BCUT2D eigenvalue weighted by molar-refractivity contribution is 6.35. The minimum Gasteiger partial charge on any atom is -0.508 e. The number of ether oxygens (including phenoxy) is 1. The fourth-order valence-corrected chi connectivity index (χ4v) is 5.13. The van der Waals surface area contributed by atoms with Gasteiger partial charge in [0, 0.05) is 36.6 Å². The maximum Gasteiger partial charge on any atom is 0.318 e. The van der Waals surface area contributed by atoms with Crippen LogP contribution < -0.4 is 9.64 Å². The Hall–Kier alpha value is -3.91. The van der Waals surface area contributed by atoms with Crippen molar-refractivity contribution in [1.82, 2.24) is 14.9 Å². The minimum absolute atomic E-state index is 0.00107. The van der Waals surface area contributed by atoms with Crippen LogP contribution in [0.15, 0.2) is 55.1 Å². The fraction of sp³-hybridized carbons (Fsp3) is 0.222. The predicted molar refractivity (Wildman–Crippen MR) is 139 cm³/mol. The number of fused-ring (bicyclic) bond motifs is 2. The molecule has 3 aromatic carbocycles. The zero-order valence-electron chi connectivity index (χ0n) is 19.8. The summed E-state index contributed by atoms with van der Waals surface area (Å²) in [6.45, 7) is 6.94. The number of amides is 1. The third-order valence-electron chi connectivity index (χ3n) is 6.53. The predicted octanol–water partition coefficient (Wildman–Crippen LogP) is 5.18. The van der Waals surface area contributed by atoms with Gasteiger partial charge >= 0.3 is 6.01 Å². The van der Waals surface area contributed by atoms with E-state index in [0.717, 1.165) is 10.8 Å². The van der Waals surface area contributed by atoms with Crippen molar-refractivity contribution in [1.29, 1.82) is 0 Å². The van der Waals surface area contributed by atoms with Gasteiger partial charge in [-0.1, -0.05) is 42.4 Å². The number of hydrogen-bond acceptors (Lipinski definition) is 6. The van der Waals surface area contributed by atoms with Crippen LogP contribution in [0.3, 0.4) is 0 Å². The molecule has 1 saturated heterocycles. The second-order valence-corrected chi connectivity index (χ2v) is 9.13. The number of anilines is 1. The lowest BCUT2D eigenvalue weighted by Crippen LogP contribution is -2.54. The van der Waals surface area contributed by atoms with Crippen LogP contribution in [-0.2, 0) is 4.79 Å². The first-order chi connectivity index (χ1) is 17.3. The monoisotopic (exact) mass is 506 g/mol. The normalized spacial score (nSPS) is 15.9. The third-order valence-corrected chi connectivity index (χ3v) is 6.82. The number of piperazine rings is 1. The number of rotatable bonds is 4. The lowest BCUT2D eigenvalue weighted by Gasteiger charge is -2.40. The summed E-state index contributed by atoms with van der Waals surface area (Å²) in [5, 5.41) is 12.4. The van der Waals surface area contributed by atoms with Crippen LogP contribution >= 0.6 is 11.6 Å². The Morgan fingerprint density at radius 2 is 2.00 bits per heavy atom. The Bertz CT molecular complexity index is 1530. The minimum atomic E-state index is -0.635. The van der Waals surface area contributed by atoms with E-state index in [1.807, 2.05) is 36.1 Å². The van der Waals surface area contributed by atoms with Gasteiger partial charge in [0.1, 0.15) is 17.1 Å². The lowest BCUT2D eigenvalue weighted by atomic mass is 9.96. The number of phenols is 1. The first kappa shape index (κ1) is 23.8. The van der Waals surface area contributed by atoms with Gasteiger partial charge in [-0.3, -0.25) is 4.79 Å². The van der Waals surface area contributed by atoms with Gasteiger partial charge in [-0.05, 0) is 47.5 Å². The number of halogens is 2. The van der Waals surface area contributed by atoms with Crippen molar-refractivity contribution >= 4 is 45.0 Å². The van der Waals surface area contributed by atoms with E-state index in [1.54, 1.807) is 17.0 Å². The molecule has 1 aliphatic rings. The van der Waals surface area contributed by atoms with Gasteiger partial charge in [0.2, 0.25) is 5.91 Å². The molecule has 1 fully saturated rings. The molecule has 0 unspecified atom stereocenters. The van der Waals surface area contributed by atoms with Crippen molar-refractivity contribution in [3.63, 3.8) is 0 Å². The molecule has 0 radical (unpaired) electrons. The van der Waals surface area contributed by atoms with Gasteiger partial charge in [-0.15, -0.1) is 0 Å². The Balaban J connectivity index is 1.69. The fourth-order valence-electron chi connectivity index (χ4n) is 4.84. The van der Waals surface area contributed by atoms with E-state index in [-0.39, 0.29) is 39.8 Å². The summed E-state index contributed by atoms with van der Waals surface area (Å²) in [6, 6.07) is 12.0. The number of aromatic nitrogens is 2. The maximum atomic E-state index is 16.2. The van der Waals surface area contributed by atoms with Crippen LogP contribution in [0.5, 0.6) is 11.8 Å². The summed E-state index contributed by atoms with van der Waals surface area (Å²) in [7, 11) is 1.42. The molecule has 1 amide bonds. The molecule has 0 spiro atoms. The molecule has 4 aromatic rings. The Morgan fingerprint density at radius 1 is 1.22 bits per heavy atom. The molecule has 184 valence electrons. The molecule has 9 heteroatoms. The summed E-state index contributed by atoms with van der Waals surface area (Å²) < 4.78 is 21.5. The Morgan fingerprint density at radius 3 is 2.72 bits per heavy atom. The average molecular weight is 507 g/mol. The van der Waals surface area contributed by atoms with Gasteiger partial charge in [0.05, 0.1) is 12.1 Å². The highest BCUT2D eigenvalue weighted by atomic mass is 35.5. The average Bonchev–Trinajstić information content (AvgIpc) is 2.87. The second kappa shape index (κ2) is 9.28. The standard InChI is InChI=1S/C27H24ClFN4O3/c1-4-22(35)33-10-9-32(14-15(33)2)26-20-13-21(28)23(24(29)25(20)30-27(31-26)36-3)19-12-17(34)11-16-7-5-6-8-18(16)19/h4-8,11-13,15,34H,1,9-10,14H2,2-3H3/t15-/m1/s1. The van der Waals surface area contributed by atoms with Crippen molar-refractivity contribution < 1.29 is 19.0 Å². The molecule has 36 heavy (non-hydrogen) atoms. The molecule has 0 aliphatic carbocycles. The second-order valence-electron chi connectivity index (χ2n) is 8.72. The van der Waals surface area contributed by atoms with Crippen molar-refractivity contribution in [2.75, 3.05) is 31.6 Å². The van der Waals surface area contributed by atoms with Crippen LogP contribution in [0.2, 0.25) is 5.02 Å². The molecular weight excluding hydrogens is 483 g/mol. The Kier molecular flexibility index (Phi) is 6.14. The molecular formula is C27H24ClFN4O3. The van der Waals surface area contributed by atoms with E-state index in [2.05, 4.69) is 16.5 Å². The van der Waals surface area contributed by atoms with Crippen LogP contribution in [0, 0.1) is 5.82 Å². The SMILES string of the molecule is C=CC(=O)N1CCN(c2nc(OC)nc3c(F)c(-c4cc(O)cc5ccccc45)c(Cl)cc23)C[C@H]1C. The number of carbonyl (C=O) groups excluding carboxylic acids is 1. The molecule has 7 nitrogen and oxygen atoms in total. The zero-order valence-corrected chi connectivity index (χ0v) is 20.6. The van der Waals surface area contributed by atoms with Gasteiger partial charge < -0.3 is 19.6 Å². The van der Waals surface area contributed by atoms with E-state index < -0.39 is 5.82 Å². The molecule has 1 aromatic heterocycles. The van der Waals surface area contributed by atoms with E-state index in [9.17, 15) is 9.90 Å². The summed E-state index contributed by atoms with van der Waals surface area (Å²) >= 11 is 6.70. The lowest BCUT2D eigenvalue weighted by molar-refractivity contribution is -0.128. The molecule has 0 saturated carbocycles. The van der Waals surface area contributed by atoms with Gasteiger partial charge in [0.15, 0.2) is 5.82 Å². The maximum absolute atomic E-state index is 16.2. The molecule has 1 N–H and O–H groups in total. The molecule has 1 aliphatic heterocycles. The molecule has 2 heterocycles. The van der Waals surface area contributed by atoms with Crippen LogP contribution in [-0.4, -0.2) is 58.7 Å². The number of phenolic OH excluding ortho intramolecular Hbond substituents is 1. The van der Waals surface area contributed by atoms with E-state index in [4.69, 9.17) is 16.3 Å². The summed E-state index contributed by atoms with van der Waals surface area (Å²) in [5.74, 6) is -0.295. The van der Waals surface area contributed by atoms with Crippen LogP contribution in [0.1, 0.15) is 6.92 Å². The third kappa shape index (κ3) is 3.97. The summed E-state index contributed by atoms with van der Waals surface area (Å²) in [5.41, 5.74) is 0.651. The van der Waals surface area contributed by atoms with Gasteiger partial charge in [-0.25, -0.2) is 4.39 Å². The van der Waals surface area contributed by atoms with Crippen molar-refractivity contribution in [2.24, 2.45) is 0 Å². The number of aromatic hydroxyl groups is 1. The quantitative estimate of drug-likeness (QED) is 0.384. The van der Waals surface area contributed by atoms with Gasteiger partial charge in [-0.2, -0.15) is 9.97 Å². The summed E-state index contributed by atoms with van der Waals surface area (Å²) in [4.78, 5) is 24.7. The van der Waals surface area contributed by atoms with Crippen molar-refractivity contribution in [2.45, 2.75) is 13.0 Å².